The molecule has 0 aliphatic carbocycles. The van der Waals surface area contributed by atoms with E-state index in [0.29, 0.717) is 25.9 Å². The number of imidazole rings is 1. The molecule has 2 saturated heterocycles. The Morgan fingerprint density at radius 2 is 2.20 bits per heavy atom. The summed E-state index contributed by atoms with van der Waals surface area (Å²) >= 11 is 0. The minimum atomic E-state index is -3.61. The van der Waals surface area contributed by atoms with Crippen LogP contribution in [0.5, 0.6) is 0 Å². The fraction of sp³-hybridized carbons (Fsp3) is 0.667. The second-order valence-electron chi connectivity index (χ2n) is 5.61. The molecule has 3 rings (SSSR count). The molecule has 2 fully saturated rings. The average Bonchev–Trinajstić information content (AvgIpc) is 2.99. The summed E-state index contributed by atoms with van der Waals surface area (Å²) in [6, 6.07) is 0. The maximum atomic E-state index is 12.6. The first kappa shape index (κ1) is 13.6. The van der Waals surface area contributed by atoms with Crippen LogP contribution < -0.4 is 5.32 Å². The van der Waals surface area contributed by atoms with Gasteiger partial charge in [-0.3, -0.25) is 4.79 Å². The van der Waals surface area contributed by atoms with Gasteiger partial charge in [0.05, 0.1) is 11.7 Å². The van der Waals surface area contributed by atoms with E-state index in [1.165, 1.54) is 16.8 Å². The first-order chi connectivity index (χ1) is 9.44. The molecule has 8 heteroatoms. The zero-order valence-corrected chi connectivity index (χ0v) is 12.2. The zero-order chi connectivity index (χ0) is 14.4. The van der Waals surface area contributed by atoms with Crippen molar-refractivity contribution in [2.45, 2.75) is 24.3 Å². The van der Waals surface area contributed by atoms with Crippen LogP contribution in [-0.2, 0) is 21.9 Å². The van der Waals surface area contributed by atoms with Crippen LogP contribution in [0.4, 0.5) is 0 Å². The van der Waals surface area contributed by atoms with Crippen molar-refractivity contribution in [1.29, 1.82) is 0 Å². The molecule has 0 bridgehead atoms. The summed E-state index contributed by atoms with van der Waals surface area (Å²) in [7, 11) is -1.88. The van der Waals surface area contributed by atoms with Crippen LogP contribution in [0, 0.1) is 5.41 Å². The predicted molar refractivity (Wildman–Crippen MR) is 71.3 cm³/mol. The number of sulfonamides is 1. The molecule has 1 spiro atoms. The minimum Gasteiger partial charge on any atom is -0.356 e. The second kappa shape index (κ2) is 4.56. The lowest BCUT2D eigenvalue weighted by molar-refractivity contribution is -0.129. The van der Waals surface area contributed by atoms with Crippen molar-refractivity contribution in [3.8, 4) is 0 Å². The average molecular weight is 298 g/mol. The summed E-state index contributed by atoms with van der Waals surface area (Å²) in [6.07, 6.45) is 5.13. The van der Waals surface area contributed by atoms with E-state index in [1.54, 1.807) is 11.6 Å². The monoisotopic (exact) mass is 298 g/mol. The van der Waals surface area contributed by atoms with E-state index in [0.717, 1.165) is 6.42 Å². The molecule has 2 aliphatic rings. The van der Waals surface area contributed by atoms with Crippen LogP contribution >= 0.6 is 0 Å². The maximum Gasteiger partial charge on any atom is 0.262 e. The zero-order valence-electron chi connectivity index (χ0n) is 11.4. The van der Waals surface area contributed by atoms with Gasteiger partial charge in [-0.15, -0.1) is 0 Å². The van der Waals surface area contributed by atoms with Crippen LogP contribution in [0.2, 0.25) is 0 Å². The number of carbonyl (C=O) groups excluding carboxylic acids is 1. The third-order valence-electron chi connectivity index (χ3n) is 4.20. The van der Waals surface area contributed by atoms with E-state index in [-0.39, 0.29) is 17.5 Å². The lowest BCUT2D eigenvalue weighted by Crippen LogP contribution is -2.49. The molecule has 0 radical (unpaired) electrons. The molecule has 20 heavy (non-hydrogen) atoms. The van der Waals surface area contributed by atoms with Gasteiger partial charge in [-0.2, -0.15) is 4.31 Å². The number of aromatic nitrogens is 2. The molecule has 0 aromatic carbocycles. The van der Waals surface area contributed by atoms with Crippen LogP contribution in [0.25, 0.3) is 0 Å². The highest BCUT2D eigenvalue weighted by atomic mass is 32.2. The van der Waals surface area contributed by atoms with Gasteiger partial charge >= 0.3 is 0 Å². The number of piperidine rings is 1. The number of amides is 1. The van der Waals surface area contributed by atoms with Gasteiger partial charge in [0, 0.05) is 32.9 Å². The molecule has 7 nitrogen and oxygen atoms in total. The highest BCUT2D eigenvalue weighted by molar-refractivity contribution is 7.89. The van der Waals surface area contributed by atoms with Crippen LogP contribution in [0.15, 0.2) is 17.6 Å². The Balaban J connectivity index is 1.89. The fourth-order valence-electron chi connectivity index (χ4n) is 3.05. The van der Waals surface area contributed by atoms with Gasteiger partial charge in [0.2, 0.25) is 5.91 Å². The van der Waals surface area contributed by atoms with Crippen molar-refractivity contribution in [3.05, 3.63) is 12.5 Å². The number of carbonyl (C=O) groups is 1. The first-order valence-electron chi connectivity index (χ1n) is 6.70. The summed E-state index contributed by atoms with van der Waals surface area (Å²) in [6.45, 7) is 1.35. The van der Waals surface area contributed by atoms with E-state index in [1.807, 2.05) is 0 Å². The normalized spacial score (nSPS) is 27.9. The van der Waals surface area contributed by atoms with Gasteiger partial charge in [-0.05, 0) is 19.3 Å². The van der Waals surface area contributed by atoms with Crippen molar-refractivity contribution < 1.29 is 13.2 Å². The Hall–Kier alpha value is -1.41. The molecule has 0 unspecified atom stereocenters. The summed E-state index contributed by atoms with van der Waals surface area (Å²) in [4.78, 5) is 15.9. The van der Waals surface area contributed by atoms with Crippen molar-refractivity contribution >= 4 is 15.9 Å². The van der Waals surface area contributed by atoms with Gasteiger partial charge < -0.3 is 9.88 Å². The number of nitrogens with one attached hydrogen (secondary N) is 1. The Morgan fingerprint density at radius 1 is 1.40 bits per heavy atom. The third kappa shape index (κ3) is 2.03. The topological polar surface area (TPSA) is 84.3 Å². The summed E-state index contributed by atoms with van der Waals surface area (Å²) < 4.78 is 28.1. The van der Waals surface area contributed by atoms with Crippen LogP contribution in [0.1, 0.15) is 19.3 Å². The second-order valence-corrected chi connectivity index (χ2v) is 7.49. The molecule has 3 heterocycles. The minimum absolute atomic E-state index is 0.0154. The lowest BCUT2D eigenvalue weighted by atomic mass is 9.79. The smallest absolute Gasteiger partial charge is 0.262 e. The van der Waals surface area contributed by atoms with Crippen molar-refractivity contribution in [3.63, 3.8) is 0 Å². The van der Waals surface area contributed by atoms with E-state index in [4.69, 9.17) is 0 Å². The van der Waals surface area contributed by atoms with E-state index >= 15 is 0 Å². The van der Waals surface area contributed by atoms with Crippen LogP contribution in [-0.4, -0.2) is 47.8 Å². The lowest BCUT2D eigenvalue weighted by Gasteiger charge is -2.37. The molecule has 1 aromatic rings. The van der Waals surface area contributed by atoms with Gasteiger partial charge in [0.15, 0.2) is 5.03 Å². The highest BCUT2D eigenvalue weighted by Gasteiger charge is 2.48. The molecule has 1 N–H and O–H groups in total. The standard InChI is InChI=1S/C12H18N4O3S/c1-15-7-10(14-9-15)20(18,19)16-6-2-3-12(8-16)4-5-13-11(12)17/h7,9H,2-6,8H2,1H3,(H,13,17)/t12-/m1/s1. The predicted octanol–water partition coefficient (Wildman–Crippen LogP) is -0.289. The summed E-state index contributed by atoms with van der Waals surface area (Å²) in [5, 5.41) is 2.87. The Kier molecular flexibility index (Phi) is 3.09. The number of aryl methyl sites for hydroxylation is 1. The Bertz CT molecular complexity index is 639. The number of hydrogen-bond donors (Lipinski definition) is 1. The van der Waals surface area contributed by atoms with Gasteiger partial charge in [0.25, 0.3) is 10.0 Å². The maximum absolute atomic E-state index is 12.6. The van der Waals surface area contributed by atoms with Crippen molar-refractivity contribution in [2.75, 3.05) is 19.6 Å². The molecule has 0 saturated carbocycles. The Labute approximate surface area is 118 Å². The SMILES string of the molecule is Cn1cnc(S(=O)(=O)N2CCC[C@@]3(CCNC3=O)C2)c1. The molecule has 1 atom stereocenters. The van der Waals surface area contributed by atoms with E-state index in [2.05, 4.69) is 10.3 Å². The van der Waals surface area contributed by atoms with Gasteiger partial charge in [-0.25, -0.2) is 13.4 Å². The van der Waals surface area contributed by atoms with Gasteiger partial charge in [0.1, 0.15) is 0 Å². The molecular weight excluding hydrogens is 280 g/mol. The number of hydrogen-bond acceptors (Lipinski definition) is 4. The van der Waals surface area contributed by atoms with Crippen molar-refractivity contribution in [1.82, 2.24) is 19.2 Å². The molecule has 1 amide bonds. The van der Waals surface area contributed by atoms with Crippen LogP contribution in [0.3, 0.4) is 0 Å². The quantitative estimate of drug-likeness (QED) is 0.813. The highest BCUT2D eigenvalue weighted by Crippen LogP contribution is 2.38. The van der Waals surface area contributed by atoms with Gasteiger partial charge in [-0.1, -0.05) is 0 Å². The van der Waals surface area contributed by atoms with E-state index < -0.39 is 15.4 Å². The number of rotatable bonds is 2. The summed E-state index contributed by atoms with van der Waals surface area (Å²) in [5.41, 5.74) is -0.542. The number of nitrogens with zero attached hydrogens (tertiary/aromatic N) is 3. The largest absolute Gasteiger partial charge is 0.356 e. The Morgan fingerprint density at radius 3 is 2.80 bits per heavy atom. The van der Waals surface area contributed by atoms with Crippen molar-refractivity contribution in [2.24, 2.45) is 12.5 Å². The molecule has 2 aliphatic heterocycles. The summed E-state index contributed by atoms with van der Waals surface area (Å²) in [5.74, 6) is -0.0154. The van der Waals surface area contributed by atoms with E-state index in [9.17, 15) is 13.2 Å². The first-order valence-corrected chi connectivity index (χ1v) is 8.14. The fourth-order valence-corrected chi connectivity index (χ4v) is 4.59. The third-order valence-corrected chi connectivity index (χ3v) is 5.93. The molecular formula is C12H18N4O3S. The molecule has 110 valence electrons. The molecule has 1 aromatic heterocycles.